The van der Waals surface area contributed by atoms with Crippen molar-refractivity contribution in [1.29, 1.82) is 0 Å². The largest absolute Gasteiger partial charge is 0.487 e. The Kier molecular flexibility index (Phi) is 6.44. The van der Waals surface area contributed by atoms with Gasteiger partial charge >= 0.3 is 0 Å². The molecule has 3 aromatic rings. The predicted octanol–water partition coefficient (Wildman–Crippen LogP) is 3.48. The molecule has 1 aliphatic heterocycles. The van der Waals surface area contributed by atoms with Crippen molar-refractivity contribution in [2.75, 3.05) is 13.1 Å². The fraction of sp³-hybridized carbons (Fsp3) is 0.318. The molecule has 0 radical (unpaired) electrons. The van der Waals surface area contributed by atoms with Gasteiger partial charge in [-0.25, -0.2) is 4.98 Å². The van der Waals surface area contributed by atoms with Gasteiger partial charge in [-0.05, 0) is 43.2 Å². The molecule has 1 N–H and O–H groups in total. The summed E-state index contributed by atoms with van der Waals surface area (Å²) < 4.78 is 11.0. The SMILES string of the molecule is O=C(NCc1ccco1)C1CCN(C(=O)c2cccc(OCc3cscn3)c2)CC1. The molecule has 156 valence electrons. The van der Waals surface area contributed by atoms with E-state index in [9.17, 15) is 9.59 Å². The first-order valence-corrected chi connectivity index (χ1v) is 10.8. The highest BCUT2D eigenvalue weighted by atomic mass is 32.1. The summed E-state index contributed by atoms with van der Waals surface area (Å²) in [7, 11) is 0. The van der Waals surface area contributed by atoms with E-state index in [-0.39, 0.29) is 17.7 Å². The third-order valence-corrected chi connectivity index (χ3v) is 5.76. The molecule has 8 heteroatoms. The molecule has 3 heterocycles. The molecule has 7 nitrogen and oxygen atoms in total. The zero-order chi connectivity index (χ0) is 20.8. The lowest BCUT2D eigenvalue weighted by Gasteiger charge is -2.31. The Morgan fingerprint density at radius 3 is 2.83 bits per heavy atom. The van der Waals surface area contributed by atoms with Gasteiger partial charge in [-0.15, -0.1) is 11.3 Å². The number of nitrogens with zero attached hydrogens (tertiary/aromatic N) is 2. The van der Waals surface area contributed by atoms with Crippen molar-refractivity contribution in [2.24, 2.45) is 5.92 Å². The molecule has 2 amide bonds. The lowest BCUT2D eigenvalue weighted by atomic mass is 9.95. The van der Waals surface area contributed by atoms with Crippen LogP contribution in [0.2, 0.25) is 0 Å². The predicted molar refractivity (Wildman–Crippen MR) is 112 cm³/mol. The van der Waals surface area contributed by atoms with Gasteiger partial charge < -0.3 is 19.4 Å². The molecular weight excluding hydrogens is 402 g/mol. The molecule has 1 fully saturated rings. The highest BCUT2D eigenvalue weighted by molar-refractivity contribution is 7.07. The van der Waals surface area contributed by atoms with Crippen LogP contribution in [0.4, 0.5) is 0 Å². The second kappa shape index (κ2) is 9.58. The number of amides is 2. The normalized spacial score (nSPS) is 14.5. The number of nitrogens with one attached hydrogen (secondary N) is 1. The lowest BCUT2D eigenvalue weighted by Crippen LogP contribution is -2.42. The number of piperidine rings is 1. The summed E-state index contributed by atoms with van der Waals surface area (Å²) in [6.45, 7) is 1.88. The molecule has 1 aromatic carbocycles. The molecule has 0 aliphatic carbocycles. The molecule has 1 saturated heterocycles. The van der Waals surface area contributed by atoms with Gasteiger partial charge in [0.25, 0.3) is 5.91 Å². The topological polar surface area (TPSA) is 84.7 Å². The number of likely N-dealkylation sites (tertiary alicyclic amines) is 1. The number of furan rings is 1. The maximum Gasteiger partial charge on any atom is 0.253 e. The van der Waals surface area contributed by atoms with Gasteiger partial charge in [0.05, 0.1) is 24.0 Å². The number of hydrogen-bond acceptors (Lipinski definition) is 6. The number of aromatic nitrogens is 1. The summed E-state index contributed by atoms with van der Waals surface area (Å²) in [6, 6.07) is 10.8. The first-order valence-electron chi connectivity index (χ1n) is 9.88. The van der Waals surface area contributed by atoms with E-state index in [1.54, 1.807) is 34.9 Å². The Bertz CT molecular complexity index is 964. The number of thiazole rings is 1. The quantitative estimate of drug-likeness (QED) is 0.626. The summed E-state index contributed by atoms with van der Waals surface area (Å²) in [4.78, 5) is 31.3. The van der Waals surface area contributed by atoms with E-state index in [0.717, 1.165) is 11.5 Å². The Labute approximate surface area is 178 Å². The summed E-state index contributed by atoms with van der Waals surface area (Å²) >= 11 is 1.52. The van der Waals surface area contributed by atoms with Crippen LogP contribution in [-0.2, 0) is 17.9 Å². The van der Waals surface area contributed by atoms with Gasteiger partial charge in [0.1, 0.15) is 18.1 Å². The Morgan fingerprint density at radius 1 is 1.23 bits per heavy atom. The van der Waals surface area contributed by atoms with Crippen LogP contribution in [0.5, 0.6) is 5.75 Å². The van der Waals surface area contributed by atoms with Crippen molar-refractivity contribution in [3.05, 3.63) is 70.6 Å². The minimum Gasteiger partial charge on any atom is -0.487 e. The van der Waals surface area contributed by atoms with Crippen LogP contribution in [0, 0.1) is 5.92 Å². The number of hydrogen-bond donors (Lipinski definition) is 1. The van der Waals surface area contributed by atoms with E-state index >= 15 is 0 Å². The summed E-state index contributed by atoms with van der Waals surface area (Å²) in [5.74, 6) is 1.25. The standard InChI is InChI=1S/C22H23N3O4S/c26-21(23-12-20-5-2-10-28-20)16-6-8-25(9-7-16)22(27)17-3-1-4-19(11-17)29-13-18-14-30-15-24-18/h1-5,10-11,14-16H,6-9,12-13H2,(H,23,26). The van der Waals surface area contributed by atoms with Crippen LogP contribution < -0.4 is 10.1 Å². The monoisotopic (exact) mass is 425 g/mol. The lowest BCUT2D eigenvalue weighted by molar-refractivity contribution is -0.126. The van der Waals surface area contributed by atoms with Crippen molar-refractivity contribution in [3.8, 4) is 5.75 Å². The Hall–Kier alpha value is -3.13. The van der Waals surface area contributed by atoms with E-state index in [1.807, 2.05) is 23.6 Å². The number of carbonyl (C=O) groups excluding carboxylic acids is 2. The van der Waals surface area contributed by atoms with Gasteiger partial charge in [-0.3, -0.25) is 9.59 Å². The number of benzene rings is 1. The first kappa shape index (κ1) is 20.2. The zero-order valence-corrected chi connectivity index (χ0v) is 17.3. The molecule has 0 saturated carbocycles. The molecule has 0 bridgehead atoms. The third kappa shape index (κ3) is 5.07. The van der Waals surface area contributed by atoms with E-state index in [1.165, 1.54) is 11.3 Å². The van der Waals surface area contributed by atoms with Gasteiger partial charge in [0, 0.05) is 30.0 Å². The minimum atomic E-state index is -0.0863. The molecule has 2 aromatic heterocycles. The van der Waals surface area contributed by atoms with Crippen molar-refractivity contribution in [1.82, 2.24) is 15.2 Å². The molecule has 4 rings (SSSR count). The zero-order valence-electron chi connectivity index (χ0n) is 16.5. The van der Waals surface area contributed by atoms with Gasteiger partial charge in [-0.2, -0.15) is 0 Å². The Morgan fingerprint density at radius 2 is 2.10 bits per heavy atom. The molecule has 0 unspecified atom stereocenters. The van der Waals surface area contributed by atoms with E-state index in [4.69, 9.17) is 9.15 Å². The molecule has 0 spiro atoms. The summed E-state index contributed by atoms with van der Waals surface area (Å²) in [5.41, 5.74) is 3.22. The van der Waals surface area contributed by atoms with Gasteiger partial charge in [0.2, 0.25) is 5.91 Å². The maximum absolute atomic E-state index is 12.9. The van der Waals surface area contributed by atoms with Gasteiger partial charge in [0.15, 0.2) is 0 Å². The number of carbonyl (C=O) groups is 2. The third-order valence-electron chi connectivity index (χ3n) is 5.12. The van der Waals surface area contributed by atoms with E-state index in [2.05, 4.69) is 10.3 Å². The first-order chi connectivity index (χ1) is 14.7. The van der Waals surface area contributed by atoms with Crippen molar-refractivity contribution < 1.29 is 18.7 Å². The van der Waals surface area contributed by atoms with Crippen LogP contribution >= 0.6 is 11.3 Å². The maximum atomic E-state index is 12.9. The highest BCUT2D eigenvalue weighted by Crippen LogP contribution is 2.22. The van der Waals surface area contributed by atoms with Crippen molar-refractivity contribution >= 4 is 23.2 Å². The number of ether oxygens (including phenoxy) is 1. The van der Waals surface area contributed by atoms with Crippen LogP contribution in [0.3, 0.4) is 0 Å². The van der Waals surface area contributed by atoms with Crippen LogP contribution in [-0.4, -0.2) is 34.8 Å². The average molecular weight is 426 g/mol. The molecular formula is C22H23N3O4S. The van der Waals surface area contributed by atoms with Crippen LogP contribution in [0.25, 0.3) is 0 Å². The van der Waals surface area contributed by atoms with E-state index in [0.29, 0.717) is 50.4 Å². The summed E-state index contributed by atoms with van der Waals surface area (Å²) in [5, 5.41) is 4.84. The van der Waals surface area contributed by atoms with Crippen molar-refractivity contribution in [2.45, 2.75) is 26.0 Å². The van der Waals surface area contributed by atoms with Crippen LogP contribution in [0.15, 0.2) is 58.0 Å². The second-order valence-corrected chi connectivity index (χ2v) is 7.88. The molecule has 1 aliphatic rings. The summed E-state index contributed by atoms with van der Waals surface area (Å²) in [6.07, 6.45) is 2.89. The average Bonchev–Trinajstić information content (AvgIpc) is 3.50. The smallest absolute Gasteiger partial charge is 0.253 e. The Balaban J connectivity index is 1.27. The fourth-order valence-electron chi connectivity index (χ4n) is 3.44. The van der Waals surface area contributed by atoms with Gasteiger partial charge in [-0.1, -0.05) is 6.07 Å². The minimum absolute atomic E-state index is 0.0101. The fourth-order valence-corrected chi connectivity index (χ4v) is 3.99. The van der Waals surface area contributed by atoms with E-state index < -0.39 is 0 Å². The highest BCUT2D eigenvalue weighted by Gasteiger charge is 2.28. The molecule has 30 heavy (non-hydrogen) atoms. The van der Waals surface area contributed by atoms with Crippen molar-refractivity contribution in [3.63, 3.8) is 0 Å². The number of rotatable bonds is 7. The second-order valence-electron chi connectivity index (χ2n) is 7.16. The molecule has 0 atom stereocenters. The van der Waals surface area contributed by atoms with Crippen LogP contribution in [0.1, 0.15) is 34.7 Å².